The second-order valence-electron chi connectivity index (χ2n) is 10.0. The minimum atomic E-state index is 1.12. The van der Waals surface area contributed by atoms with Crippen molar-refractivity contribution in [2.24, 2.45) is 0 Å². The van der Waals surface area contributed by atoms with Crippen LogP contribution in [0.3, 0.4) is 0 Å². The van der Waals surface area contributed by atoms with Crippen molar-refractivity contribution in [3.8, 4) is 22.3 Å². The van der Waals surface area contributed by atoms with Crippen LogP contribution in [0.2, 0.25) is 0 Å². The molecule has 0 amide bonds. The predicted molar refractivity (Wildman–Crippen MR) is 176 cm³/mol. The summed E-state index contributed by atoms with van der Waals surface area (Å²) in [5.74, 6) is 0. The highest BCUT2D eigenvalue weighted by molar-refractivity contribution is 7.28. The molecule has 2 heteroatoms. The van der Waals surface area contributed by atoms with Crippen LogP contribution in [0.5, 0.6) is 0 Å². The molecule has 0 aromatic heterocycles. The topological polar surface area (TPSA) is 3.24 Å². The first-order valence-corrected chi connectivity index (χ1v) is 14.1. The fraction of sp³-hybridized carbons (Fsp3) is 0. The summed E-state index contributed by atoms with van der Waals surface area (Å²) in [6.07, 6.45) is 0. The Morgan fingerprint density at radius 1 is 0.375 bits per heavy atom. The third kappa shape index (κ3) is 4.45. The molecule has 0 saturated heterocycles. The fourth-order valence-corrected chi connectivity index (χ4v) is 6.03. The van der Waals surface area contributed by atoms with Gasteiger partial charge in [-0.25, -0.2) is 0 Å². The summed E-state index contributed by atoms with van der Waals surface area (Å²) in [6, 6.07) is 56.5. The second-order valence-corrected chi connectivity index (χ2v) is 10.7. The van der Waals surface area contributed by atoms with Crippen molar-refractivity contribution < 1.29 is 0 Å². The Morgan fingerprint density at radius 2 is 0.875 bits per heavy atom. The Labute approximate surface area is 237 Å². The minimum Gasteiger partial charge on any atom is -0.310 e. The first-order chi connectivity index (χ1) is 19.8. The van der Waals surface area contributed by atoms with Crippen LogP contribution in [0.4, 0.5) is 17.1 Å². The minimum absolute atomic E-state index is 1.12. The molecule has 0 saturated carbocycles. The third-order valence-electron chi connectivity index (χ3n) is 7.62. The van der Waals surface area contributed by atoms with Gasteiger partial charge in [-0.15, -0.1) is 9.24 Å². The third-order valence-corrected chi connectivity index (χ3v) is 8.10. The lowest BCUT2D eigenvalue weighted by molar-refractivity contribution is 1.30. The van der Waals surface area contributed by atoms with Crippen molar-refractivity contribution in [1.29, 1.82) is 0 Å². The molecule has 0 N–H and O–H groups in total. The predicted octanol–water partition coefficient (Wildman–Crippen LogP) is 10.3. The van der Waals surface area contributed by atoms with Crippen LogP contribution in [-0.2, 0) is 0 Å². The van der Waals surface area contributed by atoms with E-state index in [2.05, 4.69) is 172 Å². The van der Waals surface area contributed by atoms with E-state index in [1.165, 1.54) is 49.1 Å². The Morgan fingerprint density at radius 3 is 1.45 bits per heavy atom. The van der Waals surface area contributed by atoms with Crippen molar-refractivity contribution in [2.45, 2.75) is 0 Å². The van der Waals surface area contributed by atoms with E-state index in [9.17, 15) is 0 Å². The van der Waals surface area contributed by atoms with Gasteiger partial charge in [0.1, 0.15) is 0 Å². The monoisotopic (exact) mass is 529 g/mol. The maximum atomic E-state index is 2.95. The number of anilines is 3. The maximum absolute atomic E-state index is 2.95. The molecule has 7 aromatic carbocycles. The van der Waals surface area contributed by atoms with Gasteiger partial charge in [-0.05, 0) is 74.0 Å². The summed E-state index contributed by atoms with van der Waals surface area (Å²) in [7, 11) is 2.95. The van der Waals surface area contributed by atoms with E-state index in [0.29, 0.717) is 0 Å². The number of benzene rings is 7. The number of hydrogen-bond donors (Lipinski definition) is 0. The molecular formula is C38H28NP. The van der Waals surface area contributed by atoms with Gasteiger partial charge in [-0.3, -0.25) is 0 Å². The standard InChI is InChI=1S/C38H28NP/c40-37-26-25-36(35-24-19-31-13-7-8-14-34(31)38(35)37)39(32-20-15-29(16-21-32)27-9-3-1-4-10-27)33-22-17-30(18-23-33)28-11-5-2-6-12-28/h1-26H,40H2. The van der Waals surface area contributed by atoms with Crippen LogP contribution in [0.1, 0.15) is 0 Å². The molecule has 1 atom stereocenters. The maximum Gasteiger partial charge on any atom is 0.0540 e. The lowest BCUT2D eigenvalue weighted by atomic mass is 9.99. The average molecular weight is 530 g/mol. The van der Waals surface area contributed by atoms with Gasteiger partial charge >= 0.3 is 0 Å². The largest absolute Gasteiger partial charge is 0.310 e. The van der Waals surface area contributed by atoms with Crippen molar-refractivity contribution >= 4 is 53.2 Å². The van der Waals surface area contributed by atoms with Gasteiger partial charge in [0, 0.05) is 16.8 Å². The molecule has 7 rings (SSSR count). The molecule has 7 aromatic rings. The van der Waals surface area contributed by atoms with Crippen LogP contribution >= 0.6 is 9.24 Å². The highest BCUT2D eigenvalue weighted by Gasteiger charge is 2.17. The van der Waals surface area contributed by atoms with Gasteiger partial charge in [0.2, 0.25) is 0 Å². The summed E-state index contributed by atoms with van der Waals surface area (Å²) in [4.78, 5) is 2.38. The van der Waals surface area contributed by atoms with Gasteiger partial charge in [-0.1, -0.05) is 127 Å². The zero-order chi connectivity index (χ0) is 26.9. The summed E-state index contributed by atoms with van der Waals surface area (Å²) >= 11 is 0. The molecule has 0 heterocycles. The fourth-order valence-electron chi connectivity index (χ4n) is 5.63. The number of fused-ring (bicyclic) bond motifs is 3. The molecule has 0 aliphatic heterocycles. The van der Waals surface area contributed by atoms with E-state index in [-0.39, 0.29) is 0 Å². The van der Waals surface area contributed by atoms with Crippen LogP contribution in [-0.4, -0.2) is 0 Å². The second kappa shape index (κ2) is 10.5. The molecule has 1 nitrogen and oxygen atoms in total. The Bertz CT molecular complexity index is 1840. The zero-order valence-corrected chi connectivity index (χ0v) is 23.2. The van der Waals surface area contributed by atoms with Gasteiger partial charge in [0.05, 0.1) is 5.69 Å². The van der Waals surface area contributed by atoms with Crippen LogP contribution < -0.4 is 10.2 Å². The van der Waals surface area contributed by atoms with Gasteiger partial charge in [0.25, 0.3) is 0 Å². The number of rotatable bonds is 5. The molecule has 190 valence electrons. The van der Waals surface area contributed by atoms with E-state index in [1.807, 2.05) is 0 Å². The molecule has 0 aliphatic rings. The number of nitrogens with zero attached hydrogens (tertiary/aromatic N) is 1. The molecule has 0 fully saturated rings. The van der Waals surface area contributed by atoms with Crippen molar-refractivity contribution in [3.05, 3.63) is 158 Å². The molecule has 0 bridgehead atoms. The lowest BCUT2D eigenvalue weighted by Crippen LogP contribution is -2.12. The van der Waals surface area contributed by atoms with Gasteiger partial charge in [0.15, 0.2) is 0 Å². The molecule has 0 spiro atoms. The average Bonchev–Trinajstić information content (AvgIpc) is 3.03. The Balaban J connectivity index is 1.41. The van der Waals surface area contributed by atoms with E-state index in [4.69, 9.17) is 0 Å². The highest BCUT2D eigenvalue weighted by atomic mass is 31.0. The highest BCUT2D eigenvalue weighted by Crippen LogP contribution is 2.41. The molecule has 0 radical (unpaired) electrons. The first-order valence-electron chi connectivity index (χ1n) is 13.6. The zero-order valence-electron chi connectivity index (χ0n) is 22.0. The van der Waals surface area contributed by atoms with Crippen LogP contribution in [0, 0.1) is 0 Å². The molecule has 40 heavy (non-hydrogen) atoms. The Hall–Kier alpha value is -4.71. The van der Waals surface area contributed by atoms with Crippen molar-refractivity contribution in [1.82, 2.24) is 0 Å². The quantitative estimate of drug-likeness (QED) is 0.158. The van der Waals surface area contributed by atoms with Crippen molar-refractivity contribution in [2.75, 3.05) is 4.90 Å². The van der Waals surface area contributed by atoms with E-state index in [1.54, 1.807) is 0 Å². The number of hydrogen-bond acceptors (Lipinski definition) is 1. The van der Waals surface area contributed by atoms with Gasteiger partial charge in [-0.2, -0.15) is 0 Å². The van der Waals surface area contributed by atoms with E-state index < -0.39 is 0 Å². The summed E-state index contributed by atoms with van der Waals surface area (Å²) in [5.41, 5.74) is 8.26. The summed E-state index contributed by atoms with van der Waals surface area (Å²) in [6.45, 7) is 0. The summed E-state index contributed by atoms with van der Waals surface area (Å²) < 4.78 is 0. The lowest BCUT2D eigenvalue weighted by Gasteiger charge is -2.28. The first kappa shape index (κ1) is 24.3. The smallest absolute Gasteiger partial charge is 0.0540 e. The SMILES string of the molecule is Pc1ccc(N(c2ccc(-c3ccccc3)cc2)c2ccc(-c3ccccc3)cc2)c2ccc3ccccc3c12. The normalized spacial score (nSPS) is 11.1. The van der Waals surface area contributed by atoms with Crippen molar-refractivity contribution in [3.63, 3.8) is 0 Å². The molecule has 1 unspecified atom stereocenters. The van der Waals surface area contributed by atoms with Gasteiger partial charge < -0.3 is 4.90 Å². The molecule has 0 aliphatic carbocycles. The molecular weight excluding hydrogens is 501 g/mol. The van der Waals surface area contributed by atoms with Crippen LogP contribution in [0.25, 0.3) is 43.8 Å². The Kier molecular flexibility index (Phi) is 6.36. The van der Waals surface area contributed by atoms with E-state index >= 15 is 0 Å². The summed E-state index contributed by atoms with van der Waals surface area (Å²) in [5, 5.41) is 6.22. The van der Waals surface area contributed by atoms with E-state index in [0.717, 1.165) is 17.1 Å². The van der Waals surface area contributed by atoms with Crippen LogP contribution in [0.15, 0.2) is 158 Å².